The number of halogens is 1. The van der Waals surface area contributed by atoms with Crippen molar-refractivity contribution in [2.24, 2.45) is 0 Å². The van der Waals surface area contributed by atoms with E-state index in [1.54, 1.807) is 0 Å². The van der Waals surface area contributed by atoms with Crippen LogP contribution in [0.15, 0.2) is 0 Å². The fourth-order valence-corrected chi connectivity index (χ4v) is 3.53. The van der Waals surface area contributed by atoms with Gasteiger partial charge in [0.25, 0.3) is 0 Å². The molecule has 0 unspecified atom stereocenters. The summed E-state index contributed by atoms with van der Waals surface area (Å²) in [6.07, 6.45) is 15.6. The minimum absolute atomic E-state index is 0.0428. The summed E-state index contributed by atoms with van der Waals surface area (Å²) < 4.78 is 15.2. The van der Waals surface area contributed by atoms with Crippen molar-refractivity contribution in [3.05, 3.63) is 0 Å². The Morgan fingerprint density at radius 3 is 1.57 bits per heavy atom. The molecule has 0 spiro atoms. The predicted octanol–water partition coefficient (Wildman–Crippen LogP) is 7.30. The van der Waals surface area contributed by atoms with Gasteiger partial charge in [-0.25, -0.2) is 4.39 Å². The Kier molecular flexibility index (Phi) is 18.4. The molecule has 0 aliphatic rings. The van der Waals surface area contributed by atoms with Crippen LogP contribution < -0.4 is 0 Å². The topological polar surface area (TPSA) is 74.6 Å². The van der Waals surface area contributed by atoms with E-state index < -0.39 is 17.6 Å². The summed E-state index contributed by atoms with van der Waals surface area (Å²) in [5.74, 6) is 4.05. The van der Waals surface area contributed by atoms with Crippen molar-refractivity contribution in [2.75, 3.05) is 0 Å². The molecule has 0 aromatic carbocycles. The van der Waals surface area contributed by atoms with Gasteiger partial charge < -0.3 is 10.2 Å². The molecule has 174 valence electrons. The lowest BCUT2D eigenvalue weighted by molar-refractivity contribution is -0.138. The van der Waals surface area contributed by atoms with Crippen LogP contribution >= 0.6 is 0 Å². The summed E-state index contributed by atoms with van der Waals surface area (Å²) in [6, 6.07) is 0. The average Bonchev–Trinajstić information content (AvgIpc) is 2.69. The van der Waals surface area contributed by atoms with Crippen molar-refractivity contribution in [3.63, 3.8) is 0 Å². The predicted molar refractivity (Wildman–Crippen MR) is 120 cm³/mol. The zero-order valence-electron chi connectivity index (χ0n) is 19.0. The molecular formula is C25H43FO4. The first-order valence-electron chi connectivity index (χ1n) is 12.0. The van der Waals surface area contributed by atoms with Gasteiger partial charge in [-0.3, -0.25) is 9.59 Å². The van der Waals surface area contributed by atoms with Gasteiger partial charge in [0, 0.05) is 19.3 Å². The van der Waals surface area contributed by atoms with Crippen molar-refractivity contribution < 1.29 is 24.2 Å². The van der Waals surface area contributed by atoms with Crippen LogP contribution in [0.3, 0.4) is 0 Å². The third-order valence-electron chi connectivity index (χ3n) is 5.40. The number of aliphatic carboxylic acids is 2. The molecule has 0 saturated heterocycles. The van der Waals surface area contributed by atoms with Crippen LogP contribution in [0.2, 0.25) is 0 Å². The number of carboxylic acid groups (broad SMARTS) is 2. The third kappa shape index (κ3) is 19.7. The van der Waals surface area contributed by atoms with Crippen LogP contribution in [-0.4, -0.2) is 27.8 Å². The summed E-state index contributed by atoms with van der Waals surface area (Å²) in [7, 11) is 0. The number of carbonyl (C=O) groups is 2. The summed E-state index contributed by atoms with van der Waals surface area (Å²) in [5, 5.41) is 17.4. The maximum atomic E-state index is 15.2. The number of hydrogen-bond acceptors (Lipinski definition) is 2. The molecule has 0 aliphatic heterocycles. The van der Waals surface area contributed by atoms with E-state index in [2.05, 4.69) is 18.8 Å². The lowest BCUT2D eigenvalue weighted by Crippen LogP contribution is -2.21. The molecule has 0 aromatic heterocycles. The Morgan fingerprint density at radius 2 is 1.13 bits per heavy atom. The highest BCUT2D eigenvalue weighted by molar-refractivity contribution is 5.66. The van der Waals surface area contributed by atoms with Gasteiger partial charge in [-0.05, 0) is 44.9 Å². The Balaban J connectivity index is 4.11. The van der Waals surface area contributed by atoms with E-state index in [1.165, 1.54) is 51.4 Å². The lowest BCUT2D eigenvalue weighted by Gasteiger charge is -2.19. The first-order chi connectivity index (χ1) is 14.4. The van der Waals surface area contributed by atoms with Crippen LogP contribution in [0, 0.1) is 11.8 Å². The number of rotatable bonds is 20. The molecule has 0 amide bonds. The largest absolute Gasteiger partial charge is 0.481 e. The summed E-state index contributed by atoms with van der Waals surface area (Å²) in [5.41, 5.74) is -1.63. The Hall–Kier alpha value is -1.57. The summed E-state index contributed by atoms with van der Waals surface area (Å²) in [6.45, 7) is 2.23. The standard InChI is InChI=1S/C25H43FO4/c1-2-3-4-5-6-7-8-9-10-11-12-15-20-25(26,21-16-13-18-23(27)28)22-17-14-19-24(29)30/h2-14,16-19,21-22H2,1H3,(H,27,28)(H,29,30). The number of carboxylic acids is 2. The van der Waals surface area contributed by atoms with Crippen LogP contribution in [0.25, 0.3) is 0 Å². The minimum Gasteiger partial charge on any atom is -0.481 e. The molecular weight excluding hydrogens is 383 g/mol. The molecule has 0 bridgehead atoms. The van der Waals surface area contributed by atoms with Crippen molar-refractivity contribution >= 4 is 11.9 Å². The molecule has 5 heteroatoms. The first-order valence-corrected chi connectivity index (χ1v) is 12.0. The number of hydrogen-bond donors (Lipinski definition) is 2. The van der Waals surface area contributed by atoms with Gasteiger partial charge >= 0.3 is 11.9 Å². The van der Waals surface area contributed by atoms with Crippen molar-refractivity contribution in [1.29, 1.82) is 0 Å². The molecule has 0 rings (SSSR count). The van der Waals surface area contributed by atoms with Crippen LogP contribution in [0.5, 0.6) is 0 Å². The van der Waals surface area contributed by atoms with Crippen molar-refractivity contribution in [1.82, 2.24) is 0 Å². The molecule has 0 fully saturated rings. The highest BCUT2D eigenvalue weighted by Crippen LogP contribution is 2.26. The van der Waals surface area contributed by atoms with E-state index in [1.807, 2.05) is 0 Å². The smallest absolute Gasteiger partial charge is 0.303 e. The van der Waals surface area contributed by atoms with Crippen molar-refractivity contribution in [2.45, 2.75) is 135 Å². The second-order valence-electron chi connectivity index (χ2n) is 8.40. The van der Waals surface area contributed by atoms with Crippen LogP contribution in [-0.2, 0) is 9.59 Å². The molecule has 2 N–H and O–H groups in total. The maximum absolute atomic E-state index is 15.2. The summed E-state index contributed by atoms with van der Waals surface area (Å²) >= 11 is 0. The van der Waals surface area contributed by atoms with Gasteiger partial charge in [-0.15, -0.1) is 0 Å². The molecule has 0 radical (unpaired) electrons. The van der Waals surface area contributed by atoms with Crippen LogP contribution in [0.4, 0.5) is 4.39 Å². The van der Waals surface area contributed by atoms with E-state index in [-0.39, 0.29) is 25.7 Å². The highest BCUT2D eigenvalue weighted by atomic mass is 19.1. The second-order valence-corrected chi connectivity index (χ2v) is 8.40. The van der Waals surface area contributed by atoms with Gasteiger partial charge in [0.2, 0.25) is 0 Å². The zero-order valence-corrected chi connectivity index (χ0v) is 19.0. The third-order valence-corrected chi connectivity index (χ3v) is 5.40. The van der Waals surface area contributed by atoms with Gasteiger partial charge in [0.05, 0.1) is 0 Å². The first kappa shape index (κ1) is 28.4. The molecule has 0 aliphatic carbocycles. The molecule has 0 atom stereocenters. The van der Waals surface area contributed by atoms with E-state index in [4.69, 9.17) is 10.2 Å². The second kappa shape index (κ2) is 19.4. The van der Waals surface area contributed by atoms with Gasteiger partial charge in [0.1, 0.15) is 0 Å². The van der Waals surface area contributed by atoms with E-state index >= 15 is 4.39 Å². The quantitative estimate of drug-likeness (QED) is 0.158. The fourth-order valence-electron chi connectivity index (χ4n) is 3.53. The van der Waals surface area contributed by atoms with Gasteiger partial charge in [-0.1, -0.05) is 76.6 Å². The normalized spacial score (nSPS) is 11.1. The lowest BCUT2D eigenvalue weighted by atomic mass is 9.92. The van der Waals surface area contributed by atoms with E-state index in [9.17, 15) is 9.59 Å². The van der Waals surface area contributed by atoms with E-state index in [0.29, 0.717) is 32.1 Å². The SMILES string of the molecule is CCCCCCCCCCCCC#CC(F)(CCCCC(=O)O)CCCCC(=O)O. The van der Waals surface area contributed by atoms with E-state index in [0.717, 1.165) is 12.8 Å². The Morgan fingerprint density at radius 1 is 0.700 bits per heavy atom. The fraction of sp³-hybridized carbons (Fsp3) is 0.840. The molecule has 0 aromatic rings. The van der Waals surface area contributed by atoms with Crippen molar-refractivity contribution in [3.8, 4) is 11.8 Å². The monoisotopic (exact) mass is 426 g/mol. The zero-order chi connectivity index (χ0) is 22.5. The Bertz CT molecular complexity index is 485. The summed E-state index contributed by atoms with van der Waals surface area (Å²) in [4.78, 5) is 21.2. The molecule has 0 saturated carbocycles. The molecule has 0 heterocycles. The molecule has 4 nitrogen and oxygen atoms in total. The minimum atomic E-state index is -1.63. The maximum Gasteiger partial charge on any atom is 0.303 e. The number of alkyl halides is 1. The molecule has 30 heavy (non-hydrogen) atoms. The van der Waals surface area contributed by atoms with Crippen LogP contribution in [0.1, 0.15) is 129 Å². The highest BCUT2D eigenvalue weighted by Gasteiger charge is 2.26. The number of unbranched alkanes of at least 4 members (excludes halogenated alkanes) is 12. The average molecular weight is 427 g/mol. The Labute approximate surface area is 183 Å². The van der Waals surface area contributed by atoms with Gasteiger partial charge in [-0.2, -0.15) is 0 Å². The van der Waals surface area contributed by atoms with Gasteiger partial charge in [0.15, 0.2) is 5.67 Å².